The van der Waals surface area contributed by atoms with Crippen LogP contribution in [0.1, 0.15) is 27.7 Å². The van der Waals surface area contributed by atoms with Gasteiger partial charge in [0.05, 0.1) is 26.0 Å². The minimum absolute atomic E-state index is 0.170. The zero-order chi connectivity index (χ0) is 23.2. The molecule has 33 heavy (non-hydrogen) atoms. The van der Waals surface area contributed by atoms with E-state index in [0.717, 1.165) is 22.6 Å². The zero-order valence-electron chi connectivity index (χ0n) is 18.3. The van der Waals surface area contributed by atoms with E-state index in [-0.39, 0.29) is 12.5 Å². The van der Waals surface area contributed by atoms with Crippen LogP contribution < -0.4 is 20.2 Å². The van der Waals surface area contributed by atoms with Crippen molar-refractivity contribution in [3.8, 4) is 11.5 Å². The van der Waals surface area contributed by atoms with Gasteiger partial charge in [-0.1, -0.05) is 24.3 Å². The second-order valence-corrected chi connectivity index (χ2v) is 7.37. The fraction of sp³-hybridized carbons (Fsp3) is 0.160. The number of amides is 2. The number of carbonyl (C=O) groups is 2. The first-order valence-corrected chi connectivity index (χ1v) is 10.4. The predicted octanol–water partition coefficient (Wildman–Crippen LogP) is 3.42. The molecule has 2 N–H and O–H groups in total. The number of carbonyl (C=O) groups excluding carboxylic acids is 2. The molecule has 1 aliphatic heterocycles. The maximum Gasteiger partial charge on any atom is 0.259 e. The highest BCUT2D eigenvalue weighted by Crippen LogP contribution is 2.33. The molecule has 4 rings (SSSR count). The second-order valence-electron chi connectivity index (χ2n) is 7.37. The van der Waals surface area contributed by atoms with Gasteiger partial charge in [-0.05, 0) is 59.7 Å². The van der Waals surface area contributed by atoms with Crippen LogP contribution in [0.25, 0.3) is 0 Å². The lowest BCUT2D eigenvalue weighted by atomic mass is 10.0. The van der Waals surface area contributed by atoms with Crippen molar-refractivity contribution in [1.29, 1.82) is 0 Å². The van der Waals surface area contributed by atoms with Gasteiger partial charge in [0, 0.05) is 5.69 Å². The second kappa shape index (κ2) is 9.86. The number of methoxy groups -OCH3 is 2. The van der Waals surface area contributed by atoms with Crippen LogP contribution >= 0.6 is 0 Å². The third-order valence-corrected chi connectivity index (χ3v) is 5.29. The van der Waals surface area contributed by atoms with Gasteiger partial charge in [0.25, 0.3) is 11.8 Å². The Labute approximate surface area is 191 Å². The van der Waals surface area contributed by atoms with Crippen molar-refractivity contribution in [3.63, 3.8) is 0 Å². The molecule has 0 fully saturated rings. The fourth-order valence-corrected chi connectivity index (χ4v) is 3.56. The smallest absolute Gasteiger partial charge is 0.259 e. The number of benzene rings is 3. The monoisotopic (exact) mass is 444 g/mol. The number of hydrazone groups is 1. The van der Waals surface area contributed by atoms with E-state index < -0.39 is 12.1 Å². The van der Waals surface area contributed by atoms with Crippen molar-refractivity contribution in [1.82, 2.24) is 10.3 Å². The van der Waals surface area contributed by atoms with Crippen LogP contribution in [0.5, 0.6) is 11.5 Å². The summed E-state index contributed by atoms with van der Waals surface area (Å²) in [6, 6.07) is 21.9. The van der Waals surface area contributed by atoms with E-state index >= 15 is 0 Å². The quantitative estimate of drug-likeness (QED) is 0.430. The summed E-state index contributed by atoms with van der Waals surface area (Å²) in [4.78, 5) is 27.4. The van der Waals surface area contributed by atoms with Gasteiger partial charge >= 0.3 is 0 Å². The summed E-state index contributed by atoms with van der Waals surface area (Å²) in [6.45, 7) is -0.170. The summed E-state index contributed by atoms with van der Waals surface area (Å²) in [6.07, 6.45) is 1.01. The van der Waals surface area contributed by atoms with E-state index in [2.05, 4.69) is 15.8 Å². The van der Waals surface area contributed by atoms with E-state index in [9.17, 15) is 9.59 Å². The molecule has 8 heteroatoms. The first-order chi connectivity index (χ1) is 16.1. The summed E-state index contributed by atoms with van der Waals surface area (Å²) < 4.78 is 10.4. The van der Waals surface area contributed by atoms with Crippen LogP contribution in [0.15, 0.2) is 77.9 Å². The Morgan fingerprint density at radius 1 is 1.00 bits per heavy atom. The molecule has 0 saturated carbocycles. The van der Waals surface area contributed by atoms with E-state index in [1.807, 2.05) is 48.5 Å². The lowest BCUT2D eigenvalue weighted by molar-refractivity contribution is -0.122. The number of ether oxygens (including phenoxy) is 2. The highest BCUT2D eigenvalue weighted by Gasteiger charge is 2.34. The van der Waals surface area contributed by atoms with Gasteiger partial charge < -0.3 is 19.7 Å². The van der Waals surface area contributed by atoms with Crippen molar-refractivity contribution in [2.75, 3.05) is 26.1 Å². The number of nitrogens with zero attached hydrogens (tertiary/aromatic N) is 2. The minimum atomic E-state index is -0.519. The average molecular weight is 444 g/mol. The lowest BCUT2D eigenvalue weighted by Crippen LogP contribution is -2.47. The van der Waals surface area contributed by atoms with Crippen LogP contribution in [-0.2, 0) is 4.79 Å². The van der Waals surface area contributed by atoms with Crippen molar-refractivity contribution in [3.05, 3.63) is 89.5 Å². The predicted molar refractivity (Wildman–Crippen MR) is 126 cm³/mol. The molecule has 1 heterocycles. The number of hydrogen-bond acceptors (Lipinski definition) is 6. The molecular formula is C25H24N4O4. The molecular weight excluding hydrogens is 420 g/mol. The molecule has 1 aliphatic rings. The SMILES string of the molecule is COc1ccc(/C=N/NC(=O)CN2C(=O)c3ccccc3NC2c2ccc(OC)cc2)cc1. The van der Waals surface area contributed by atoms with Gasteiger partial charge in [0.1, 0.15) is 24.2 Å². The van der Waals surface area contributed by atoms with Crippen LogP contribution in [0, 0.1) is 0 Å². The van der Waals surface area contributed by atoms with E-state index in [1.165, 1.54) is 11.1 Å². The summed E-state index contributed by atoms with van der Waals surface area (Å²) in [7, 11) is 3.19. The molecule has 0 saturated heterocycles. The minimum Gasteiger partial charge on any atom is -0.497 e. The van der Waals surface area contributed by atoms with E-state index in [0.29, 0.717) is 11.3 Å². The summed E-state index contributed by atoms with van der Waals surface area (Å²) in [5, 5.41) is 7.38. The number of rotatable bonds is 7. The van der Waals surface area contributed by atoms with Gasteiger partial charge in [0.15, 0.2) is 0 Å². The summed E-state index contributed by atoms with van der Waals surface area (Å²) >= 11 is 0. The first kappa shape index (κ1) is 21.9. The third-order valence-electron chi connectivity index (χ3n) is 5.29. The van der Waals surface area contributed by atoms with Gasteiger partial charge in [0.2, 0.25) is 0 Å². The molecule has 0 bridgehead atoms. The Kier molecular flexibility index (Phi) is 6.54. The highest BCUT2D eigenvalue weighted by molar-refractivity contribution is 6.03. The Morgan fingerprint density at radius 3 is 2.30 bits per heavy atom. The van der Waals surface area contributed by atoms with Crippen LogP contribution in [0.4, 0.5) is 5.69 Å². The molecule has 3 aromatic carbocycles. The zero-order valence-corrected chi connectivity index (χ0v) is 18.3. The lowest BCUT2D eigenvalue weighted by Gasteiger charge is -2.37. The molecule has 2 amide bonds. The van der Waals surface area contributed by atoms with Crippen molar-refractivity contribution >= 4 is 23.7 Å². The number of anilines is 1. The van der Waals surface area contributed by atoms with Crippen molar-refractivity contribution < 1.29 is 19.1 Å². The van der Waals surface area contributed by atoms with Gasteiger partial charge in [-0.25, -0.2) is 5.43 Å². The average Bonchev–Trinajstić information content (AvgIpc) is 2.86. The molecule has 168 valence electrons. The Morgan fingerprint density at radius 2 is 1.64 bits per heavy atom. The Hall–Kier alpha value is -4.33. The van der Waals surface area contributed by atoms with Crippen LogP contribution in [-0.4, -0.2) is 43.7 Å². The molecule has 0 aromatic heterocycles. The number of para-hydroxylation sites is 1. The molecule has 8 nitrogen and oxygen atoms in total. The van der Waals surface area contributed by atoms with Gasteiger partial charge in [-0.2, -0.15) is 5.10 Å². The molecule has 1 unspecified atom stereocenters. The summed E-state index contributed by atoms with van der Waals surface area (Å²) in [5.74, 6) is 0.794. The topological polar surface area (TPSA) is 92.3 Å². The van der Waals surface area contributed by atoms with Gasteiger partial charge in [-0.15, -0.1) is 0 Å². The molecule has 0 aliphatic carbocycles. The van der Waals surface area contributed by atoms with Crippen molar-refractivity contribution in [2.24, 2.45) is 5.10 Å². The normalized spacial score (nSPS) is 15.0. The molecule has 1 atom stereocenters. The summed E-state index contributed by atoms with van der Waals surface area (Å²) in [5.41, 5.74) is 5.36. The van der Waals surface area contributed by atoms with E-state index in [1.54, 1.807) is 38.5 Å². The maximum absolute atomic E-state index is 13.2. The standard InChI is InChI=1S/C25H24N4O4/c1-32-19-11-7-17(8-12-19)15-26-28-23(30)16-29-24(18-9-13-20(33-2)14-10-18)27-22-6-4-3-5-21(22)25(29)31/h3-15,24,27H,16H2,1-2H3,(H,28,30)/b26-15+. The fourth-order valence-electron chi connectivity index (χ4n) is 3.56. The first-order valence-electron chi connectivity index (χ1n) is 10.4. The number of nitrogens with one attached hydrogen (secondary N) is 2. The highest BCUT2D eigenvalue weighted by atomic mass is 16.5. The Balaban J connectivity index is 1.51. The van der Waals surface area contributed by atoms with Crippen LogP contribution in [0.2, 0.25) is 0 Å². The molecule has 0 radical (unpaired) electrons. The number of fused-ring (bicyclic) bond motifs is 1. The van der Waals surface area contributed by atoms with Gasteiger partial charge in [-0.3, -0.25) is 9.59 Å². The Bertz CT molecular complexity index is 1160. The van der Waals surface area contributed by atoms with E-state index in [4.69, 9.17) is 9.47 Å². The largest absolute Gasteiger partial charge is 0.497 e. The number of hydrogen-bond donors (Lipinski definition) is 2. The third kappa shape index (κ3) is 4.95. The van der Waals surface area contributed by atoms with Crippen LogP contribution in [0.3, 0.4) is 0 Å². The molecule has 0 spiro atoms. The van der Waals surface area contributed by atoms with Crippen molar-refractivity contribution in [2.45, 2.75) is 6.17 Å². The maximum atomic E-state index is 13.2. The molecule has 3 aromatic rings.